The lowest BCUT2D eigenvalue weighted by atomic mass is 10.1. The summed E-state index contributed by atoms with van der Waals surface area (Å²) in [5, 5.41) is 0. The van der Waals surface area contributed by atoms with Crippen molar-refractivity contribution in [2.45, 2.75) is 45.3 Å². The van der Waals surface area contributed by atoms with Gasteiger partial charge in [0.05, 0.1) is 6.61 Å². The standard InChI is InChI=1S/C15H21NO2/c1-4-13-14(15(17)18-5-2)16(13)11(3)12-9-7-6-8-10-12/h6-11,13-14H,4-5H2,1-3H3/t11-,13-,14-,16?/m0/s1. The molecule has 1 aromatic carbocycles. The van der Waals surface area contributed by atoms with Crippen molar-refractivity contribution in [1.29, 1.82) is 0 Å². The number of benzene rings is 1. The number of carbonyl (C=O) groups is 1. The summed E-state index contributed by atoms with van der Waals surface area (Å²) in [4.78, 5) is 14.1. The lowest BCUT2D eigenvalue weighted by molar-refractivity contribution is -0.143. The number of rotatable bonds is 5. The quantitative estimate of drug-likeness (QED) is 0.592. The molecule has 0 amide bonds. The highest BCUT2D eigenvalue weighted by atomic mass is 16.5. The van der Waals surface area contributed by atoms with Gasteiger partial charge in [-0.2, -0.15) is 0 Å². The highest BCUT2D eigenvalue weighted by Crippen LogP contribution is 2.40. The molecular weight excluding hydrogens is 226 g/mol. The van der Waals surface area contributed by atoms with Crippen LogP contribution in [0.5, 0.6) is 0 Å². The van der Waals surface area contributed by atoms with Gasteiger partial charge in [-0.3, -0.25) is 9.69 Å². The molecule has 3 nitrogen and oxygen atoms in total. The maximum Gasteiger partial charge on any atom is 0.325 e. The van der Waals surface area contributed by atoms with Crippen molar-refractivity contribution in [2.75, 3.05) is 6.61 Å². The van der Waals surface area contributed by atoms with Crippen LogP contribution in [0.25, 0.3) is 0 Å². The Morgan fingerprint density at radius 1 is 1.33 bits per heavy atom. The smallest absolute Gasteiger partial charge is 0.325 e. The first kappa shape index (κ1) is 13.1. The van der Waals surface area contributed by atoms with Gasteiger partial charge in [-0.05, 0) is 25.8 Å². The number of ether oxygens (including phenoxy) is 1. The van der Waals surface area contributed by atoms with E-state index in [1.54, 1.807) is 0 Å². The number of esters is 1. The second kappa shape index (κ2) is 5.53. The fourth-order valence-corrected chi connectivity index (χ4v) is 2.67. The fourth-order valence-electron chi connectivity index (χ4n) is 2.67. The highest BCUT2D eigenvalue weighted by Gasteiger charge is 2.54. The lowest BCUT2D eigenvalue weighted by Gasteiger charge is -2.14. The van der Waals surface area contributed by atoms with Gasteiger partial charge in [0, 0.05) is 12.1 Å². The van der Waals surface area contributed by atoms with E-state index in [4.69, 9.17) is 4.74 Å². The third kappa shape index (κ3) is 2.41. The van der Waals surface area contributed by atoms with Crippen LogP contribution in [0.2, 0.25) is 0 Å². The van der Waals surface area contributed by atoms with Gasteiger partial charge in [0.25, 0.3) is 0 Å². The van der Waals surface area contributed by atoms with Crippen LogP contribution >= 0.6 is 0 Å². The average molecular weight is 247 g/mol. The summed E-state index contributed by atoms with van der Waals surface area (Å²) in [6, 6.07) is 10.9. The Morgan fingerprint density at radius 3 is 2.56 bits per heavy atom. The van der Waals surface area contributed by atoms with Crippen molar-refractivity contribution < 1.29 is 9.53 Å². The Kier molecular flexibility index (Phi) is 4.02. The van der Waals surface area contributed by atoms with Crippen LogP contribution in [0, 0.1) is 0 Å². The summed E-state index contributed by atoms with van der Waals surface area (Å²) in [7, 11) is 0. The number of hydrogen-bond acceptors (Lipinski definition) is 3. The Labute approximate surface area is 109 Å². The van der Waals surface area contributed by atoms with Gasteiger partial charge in [0.15, 0.2) is 0 Å². The summed E-state index contributed by atoms with van der Waals surface area (Å²) in [5.74, 6) is -0.0767. The summed E-state index contributed by atoms with van der Waals surface area (Å²) in [6.07, 6.45) is 0.987. The predicted octanol–water partition coefficient (Wildman–Crippen LogP) is 2.77. The van der Waals surface area contributed by atoms with Crippen LogP contribution in [-0.2, 0) is 9.53 Å². The van der Waals surface area contributed by atoms with Gasteiger partial charge in [-0.25, -0.2) is 0 Å². The molecule has 1 unspecified atom stereocenters. The van der Waals surface area contributed by atoms with Crippen LogP contribution in [0.3, 0.4) is 0 Å². The SMILES string of the molecule is CCOC(=O)[C@@H]1[C@H](CC)N1[C@@H](C)c1ccccc1. The maximum absolute atomic E-state index is 11.9. The van der Waals surface area contributed by atoms with Gasteiger partial charge < -0.3 is 4.74 Å². The third-order valence-electron chi connectivity index (χ3n) is 3.65. The summed E-state index contributed by atoms with van der Waals surface area (Å²) >= 11 is 0. The predicted molar refractivity (Wildman–Crippen MR) is 71.2 cm³/mol. The van der Waals surface area contributed by atoms with Crippen molar-refractivity contribution >= 4 is 5.97 Å². The van der Waals surface area contributed by atoms with E-state index in [9.17, 15) is 4.79 Å². The molecule has 0 aromatic heterocycles. The van der Waals surface area contributed by atoms with Crippen molar-refractivity contribution in [1.82, 2.24) is 4.90 Å². The molecule has 1 heterocycles. The molecule has 1 aliphatic heterocycles. The Morgan fingerprint density at radius 2 is 2.00 bits per heavy atom. The molecule has 0 spiro atoms. The van der Waals surface area contributed by atoms with Crippen molar-refractivity contribution in [3.8, 4) is 0 Å². The normalized spacial score (nSPS) is 27.6. The van der Waals surface area contributed by atoms with Crippen LogP contribution < -0.4 is 0 Å². The zero-order valence-corrected chi connectivity index (χ0v) is 11.3. The Hall–Kier alpha value is -1.35. The first-order chi connectivity index (χ1) is 8.70. The minimum atomic E-state index is -0.0767. The van der Waals surface area contributed by atoms with Crippen molar-refractivity contribution in [2.24, 2.45) is 0 Å². The zero-order chi connectivity index (χ0) is 13.1. The van der Waals surface area contributed by atoms with Gasteiger partial charge >= 0.3 is 5.97 Å². The van der Waals surface area contributed by atoms with E-state index >= 15 is 0 Å². The van der Waals surface area contributed by atoms with Crippen LogP contribution in [0.15, 0.2) is 30.3 Å². The van der Waals surface area contributed by atoms with Gasteiger partial charge in [-0.1, -0.05) is 37.3 Å². The molecule has 0 aliphatic carbocycles. The molecule has 1 aromatic rings. The van der Waals surface area contributed by atoms with Gasteiger partial charge in [0.2, 0.25) is 0 Å². The van der Waals surface area contributed by atoms with Crippen LogP contribution in [0.1, 0.15) is 38.8 Å². The second-order valence-electron chi connectivity index (χ2n) is 4.71. The molecule has 0 bridgehead atoms. The highest BCUT2D eigenvalue weighted by molar-refractivity contribution is 5.80. The fraction of sp³-hybridized carbons (Fsp3) is 0.533. The molecule has 2 rings (SSSR count). The minimum absolute atomic E-state index is 0.0508. The second-order valence-corrected chi connectivity index (χ2v) is 4.71. The molecule has 1 saturated heterocycles. The number of nitrogens with zero attached hydrogens (tertiary/aromatic N) is 1. The molecular formula is C15H21NO2. The number of carbonyl (C=O) groups excluding carboxylic acids is 1. The van der Waals surface area contributed by atoms with Crippen LogP contribution in [-0.4, -0.2) is 29.6 Å². The third-order valence-corrected chi connectivity index (χ3v) is 3.65. The molecule has 3 heteroatoms. The maximum atomic E-state index is 11.9. The molecule has 0 N–H and O–H groups in total. The zero-order valence-electron chi connectivity index (χ0n) is 11.3. The van der Waals surface area contributed by atoms with E-state index < -0.39 is 0 Å². The Bertz CT molecular complexity index is 404. The molecule has 18 heavy (non-hydrogen) atoms. The first-order valence-electron chi connectivity index (χ1n) is 6.69. The molecule has 0 radical (unpaired) electrons. The average Bonchev–Trinajstić information content (AvgIpc) is 3.13. The monoisotopic (exact) mass is 247 g/mol. The molecule has 1 fully saturated rings. The van der Waals surface area contributed by atoms with E-state index in [-0.39, 0.29) is 18.1 Å². The van der Waals surface area contributed by atoms with Gasteiger partial charge in [0.1, 0.15) is 6.04 Å². The van der Waals surface area contributed by atoms with Crippen LogP contribution in [0.4, 0.5) is 0 Å². The lowest BCUT2D eigenvalue weighted by Crippen LogP contribution is -2.18. The van der Waals surface area contributed by atoms with Gasteiger partial charge in [-0.15, -0.1) is 0 Å². The topological polar surface area (TPSA) is 29.3 Å². The molecule has 1 aliphatic rings. The van der Waals surface area contributed by atoms with Crippen molar-refractivity contribution in [3.63, 3.8) is 0 Å². The first-order valence-corrected chi connectivity index (χ1v) is 6.69. The molecule has 4 atom stereocenters. The largest absolute Gasteiger partial charge is 0.465 e. The van der Waals surface area contributed by atoms with E-state index in [1.807, 2.05) is 25.1 Å². The van der Waals surface area contributed by atoms with E-state index in [2.05, 4.69) is 30.9 Å². The summed E-state index contributed by atoms with van der Waals surface area (Å²) < 4.78 is 5.13. The minimum Gasteiger partial charge on any atom is -0.465 e. The van der Waals surface area contributed by atoms with E-state index in [0.29, 0.717) is 12.6 Å². The molecule has 98 valence electrons. The number of hydrogen-bond donors (Lipinski definition) is 0. The molecule has 0 saturated carbocycles. The Balaban J connectivity index is 2.07. The summed E-state index contributed by atoms with van der Waals surface area (Å²) in [6.45, 7) is 6.58. The van der Waals surface area contributed by atoms with Crippen molar-refractivity contribution in [3.05, 3.63) is 35.9 Å². The van der Waals surface area contributed by atoms with E-state index in [1.165, 1.54) is 5.56 Å². The van der Waals surface area contributed by atoms with E-state index in [0.717, 1.165) is 6.42 Å². The summed E-state index contributed by atoms with van der Waals surface area (Å²) in [5.41, 5.74) is 1.25.